The molecule has 0 saturated carbocycles. The van der Waals surface area contributed by atoms with Gasteiger partial charge in [0, 0.05) is 8.95 Å². The number of carbonyl (C=O) groups excluding carboxylic acids is 2. The van der Waals surface area contributed by atoms with Crippen molar-refractivity contribution in [3.8, 4) is 0 Å². The highest BCUT2D eigenvalue weighted by Gasteiger charge is 2.19. The Labute approximate surface area is 134 Å². The van der Waals surface area contributed by atoms with Gasteiger partial charge in [-0.05, 0) is 64.8 Å². The summed E-state index contributed by atoms with van der Waals surface area (Å²) in [6.07, 6.45) is -0.579. The van der Waals surface area contributed by atoms with Crippen LogP contribution in [0, 0.1) is 0 Å². The smallest absolute Gasteiger partial charge is 0.412 e. The number of ether oxygens (including phenoxy) is 2. The summed E-state index contributed by atoms with van der Waals surface area (Å²) in [4.78, 5) is 23.2. The lowest BCUT2D eigenvalue weighted by Crippen LogP contribution is -2.27. The Bertz CT molecular complexity index is 515. The standard InChI is InChI=1S/C13H15Br2NO4/c1-13(2,3)20-12(18)16-10-8(14)5-7(6-9(10)15)11(17)19-4/h5-6H,1-4H3,(H,16,18). The first-order valence-corrected chi connectivity index (χ1v) is 7.30. The van der Waals surface area contributed by atoms with E-state index in [0.29, 0.717) is 20.2 Å². The Morgan fingerprint density at radius 2 is 1.65 bits per heavy atom. The molecule has 1 aromatic rings. The molecule has 1 N–H and O–H groups in total. The molecule has 0 bridgehead atoms. The van der Waals surface area contributed by atoms with E-state index in [4.69, 9.17) is 4.74 Å². The number of carbonyl (C=O) groups is 2. The number of hydrogen-bond acceptors (Lipinski definition) is 4. The highest BCUT2D eigenvalue weighted by Crippen LogP contribution is 2.33. The predicted octanol–water partition coefficient (Wildman–Crippen LogP) is 4.35. The van der Waals surface area contributed by atoms with Gasteiger partial charge in [0.05, 0.1) is 18.4 Å². The van der Waals surface area contributed by atoms with Gasteiger partial charge in [0.15, 0.2) is 0 Å². The van der Waals surface area contributed by atoms with Crippen LogP contribution in [0.2, 0.25) is 0 Å². The van der Waals surface area contributed by atoms with E-state index < -0.39 is 17.7 Å². The second-order valence-electron chi connectivity index (χ2n) is 4.93. The largest absolute Gasteiger partial charge is 0.465 e. The molecule has 0 unspecified atom stereocenters. The van der Waals surface area contributed by atoms with Gasteiger partial charge in [0.1, 0.15) is 5.60 Å². The Kier molecular flexibility index (Phi) is 5.59. The maximum absolute atomic E-state index is 11.7. The molecule has 110 valence electrons. The van der Waals surface area contributed by atoms with Crippen molar-refractivity contribution in [2.24, 2.45) is 0 Å². The summed E-state index contributed by atoms with van der Waals surface area (Å²) in [7, 11) is 1.30. The van der Waals surface area contributed by atoms with E-state index in [9.17, 15) is 9.59 Å². The van der Waals surface area contributed by atoms with Crippen LogP contribution in [-0.4, -0.2) is 24.8 Å². The summed E-state index contributed by atoms with van der Waals surface area (Å²) in [6.45, 7) is 5.32. The fraction of sp³-hybridized carbons (Fsp3) is 0.385. The molecule has 1 rings (SSSR count). The van der Waals surface area contributed by atoms with Crippen molar-refractivity contribution in [3.05, 3.63) is 26.6 Å². The summed E-state index contributed by atoms with van der Waals surface area (Å²) in [5, 5.41) is 2.61. The molecule has 0 saturated heterocycles. The van der Waals surface area contributed by atoms with Crippen LogP contribution >= 0.6 is 31.9 Å². The normalized spacial score (nSPS) is 10.9. The molecular weight excluding hydrogens is 394 g/mol. The van der Waals surface area contributed by atoms with Crippen LogP contribution in [0.3, 0.4) is 0 Å². The van der Waals surface area contributed by atoms with Crippen molar-refractivity contribution in [2.75, 3.05) is 12.4 Å². The van der Waals surface area contributed by atoms with Crippen LogP contribution in [0.1, 0.15) is 31.1 Å². The number of methoxy groups -OCH3 is 1. The van der Waals surface area contributed by atoms with Crippen LogP contribution < -0.4 is 5.32 Å². The van der Waals surface area contributed by atoms with Crippen molar-refractivity contribution in [2.45, 2.75) is 26.4 Å². The molecule has 5 nitrogen and oxygen atoms in total. The highest BCUT2D eigenvalue weighted by atomic mass is 79.9. The highest BCUT2D eigenvalue weighted by molar-refractivity contribution is 9.11. The topological polar surface area (TPSA) is 64.6 Å². The minimum atomic E-state index is -0.588. The molecule has 0 radical (unpaired) electrons. The third-order valence-corrected chi connectivity index (χ3v) is 3.34. The van der Waals surface area contributed by atoms with E-state index in [-0.39, 0.29) is 0 Å². The first-order valence-electron chi connectivity index (χ1n) is 5.71. The Morgan fingerprint density at radius 1 is 1.15 bits per heavy atom. The zero-order valence-electron chi connectivity index (χ0n) is 11.5. The molecular formula is C13H15Br2NO4. The average Bonchev–Trinajstić information content (AvgIpc) is 2.30. The Morgan fingerprint density at radius 3 is 2.05 bits per heavy atom. The summed E-state index contributed by atoms with van der Waals surface area (Å²) in [6, 6.07) is 3.12. The fourth-order valence-corrected chi connectivity index (χ4v) is 2.72. The van der Waals surface area contributed by atoms with Gasteiger partial charge < -0.3 is 9.47 Å². The monoisotopic (exact) mass is 407 g/mol. The fourth-order valence-electron chi connectivity index (χ4n) is 1.33. The zero-order chi connectivity index (χ0) is 15.5. The summed E-state index contributed by atoms with van der Waals surface area (Å²) < 4.78 is 10.9. The average molecular weight is 409 g/mol. The van der Waals surface area contributed by atoms with Crippen molar-refractivity contribution in [1.29, 1.82) is 0 Å². The van der Waals surface area contributed by atoms with E-state index in [1.54, 1.807) is 32.9 Å². The van der Waals surface area contributed by atoms with Gasteiger partial charge in [-0.2, -0.15) is 0 Å². The van der Waals surface area contributed by atoms with Crippen molar-refractivity contribution in [3.63, 3.8) is 0 Å². The molecule has 20 heavy (non-hydrogen) atoms. The minimum absolute atomic E-state index is 0.362. The molecule has 0 fully saturated rings. The van der Waals surface area contributed by atoms with E-state index >= 15 is 0 Å². The van der Waals surface area contributed by atoms with Gasteiger partial charge in [-0.1, -0.05) is 0 Å². The lowest BCUT2D eigenvalue weighted by molar-refractivity contribution is 0.0599. The lowest BCUT2D eigenvalue weighted by atomic mass is 10.2. The van der Waals surface area contributed by atoms with Gasteiger partial charge in [-0.25, -0.2) is 9.59 Å². The Hall–Kier alpha value is -1.08. The third-order valence-electron chi connectivity index (χ3n) is 2.09. The molecule has 0 spiro atoms. The third kappa shape index (κ3) is 4.79. The van der Waals surface area contributed by atoms with Gasteiger partial charge in [-0.15, -0.1) is 0 Å². The van der Waals surface area contributed by atoms with Crippen molar-refractivity contribution >= 4 is 49.6 Å². The second-order valence-corrected chi connectivity index (χ2v) is 6.64. The molecule has 0 aliphatic heterocycles. The lowest BCUT2D eigenvalue weighted by Gasteiger charge is -2.20. The van der Waals surface area contributed by atoms with E-state index in [0.717, 1.165) is 0 Å². The number of benzene rings is 1. The molecule has 1 aromatic carbocycles. The van der Waals surface area contributed by atoms with Crippen LogP contribution in [-0.2, 0) is 9.47 Å². The number of hydrogen-bond donors (Lipinski definition) is 1. The molecule has 1 amide bonds. The molecule has 0 aliphatic carbocycles. The number of anilines is 1. The van der Waals surface area contributed by atoms with Crippen LogP contribution in [0.4, 0.5) is 10.5 Å². The number of halogens is 2. The first kappa shape index (κ1) is 17.0. The van der Waals surface area contributed by atoms with Gasteiger partial charge in [0.25, 0.3) is 0 Å². The van der Waals surface area contributed by atoms with Gasteiger partial charge >= 0.3 is 12.1 Å². The number of rotatable bonds is 2. The molecule has 0 atom stereocenters. The van der Waals surface area contributed by atoms with Crippen molar-refractivity contribution < 1.29 is 19.1 Å². The van der Waals surface area contributed by atoms with Crippen LogP contribution in [0.5, 0.6) is 0 Å². The summed E-state index contributed by atoms with van der Waals surface area (Å²) in [5.74, 6) is -0.463. The second kappa shape index (κ2) is 6.58. The van der Waals surface area contributed by atoms with E-state index in [1.807, 2.05) is 0 Å². The number of nitrogens with one attached hydrogen (secondary N) is 1. The van der Waals surface area contributed by atoms with Gasteiger partial charge in [0.2, 0.25) is 0 Å². The summed E-state index contributed by atoms with van der Waals surface area (Å²) >= 11 is 6.59. The molecule has 7 heteroatoms. The van der Waals surface area contributed by atoms with E-state index in [1.165, 1.54) is 7.11 Å². The molecule has 0 aliphatic rings. The van der Waals surface area contributed by atoms with Gasteiger partial charge in [-0.3, -0.25) is 5.32 Å². The zero-order valence-corrected chi connectivity index (χ0v) is 14.7. The van der Waals surface area contributed by atoms with E-state index in [2.05, 4.69) is 41.9 Å². The number of amides is 1. The maximum Gasteiger partial charge on any atom is 0.412 e. The SMILES string of the molecule is COC(=O)c1cc(Br)c(NC(=O)OC(C)(C)C)c(Br)c1. The Balaban J connectivity index is 2.98. The quantitative estimate of drug-likeness (QED) is 0.739. The van der Waals surface area contributed by atoms with Crippen LogP contribution in [0.25, 0.3) is 0 Å². The van der Waals surface area contributed by atoms with Crippen LogP contribution in [0.15, 0.2) is 21.1 Å². The number of esters is 1. The predicted molar refractivity (Wildman–Crippen MR) is 83.0 cm³/mol. The molecule has 0 heterocycles. The molecule has 0 aromatic heterocycles. The first-order chi connectivity index (χ1) is 9.14. The maximum atomic E-state index is 11.7. The van der Waals surface area contributed by atoms with Crippen molar-refractivity contribution in [1.82, 2.24) is 0 Å². The summed E-state index contributed by atoms with van der Waals surface area (Å²) in [5.41, 5.74) is 0.252. The minimum Gasteiger partial charge on any atom is -0.465 e.